The first-order chi connectivity index (χ1) is 13.6. The molecule has 2 heterocycles. The van der Waals surface area contributed by atoms with Gasteiger partial charge in [0.25, 0.3) is 5.92 Å². The van der Waals surface area contributed by atoms with Gasteiger partial charge in [-0.25, -0.2) is 22.9 Å². The molecule has 29 heavy (non-hydrogen) atoms. The van der Waals surface area contributed by atoms with Gasteiger partial charge < -0.3 is 15.2 Å². The molecular formula is C18H16BrF3N4O3. The van der Waals surface area contributed by atoms with Gasteiger partial charge in [0.2, 0.25) is 5.88 Å². The maximum Gasteiger partial charge on any atom is 0.418 e. The zero-order valence-corrected chi connectivity index (χ0v) is 16.7. The molecule has 154 valence electrons. The number of halogens is 4. The number of benzene rings is 1. The maximum atomic E-state index is 14.7. The van der Waals surface area contributed by atoms with Gasteiger partial charge in [-0.3, -0.25) is 10.3 Å². The van der Waals surface area contributed by atoms with Crippen LogP contribution in [0.5, 0.6) is 5.88 Å². The SMILES string of the molecule is CC1(c2cc(NC(=O)Oc3ccc(Br)cn3)ccc2F)N=C(N)COCC1(F)F. The van der Waals surface area contributed by atoms with Gasteiger partial charge in [0.15, 0.2) is 5.54 Å². The number of aliphatic imine (C=N–C) groups is 1. The van der Waals surface area contributed by atoms with Crippen LogP contribution in [0.15, 0.2) is 46.0 Å². The van der Waals surface area contributed by atoms with Crippen molar-refractivity contribution in [3.63, 3.8) is 0 Å². The molecule has 0 radical (unpaired) electrons. The van der Waals surface area contributed by atoms with E-state index in [2.05, 4.69) is 31.2 Å². The summed E-state index contributed by atoms with van der Waals surface area (Å²) >= 11 is 3.20. The molecule has 1 aromatic carbocycles. The number of anilines is 1. The van der Waals surface area contributed by atoms with E-state index in [9.17, 15) is 18.0 Å². The largest absolute Gasteiger partial charge is 0.418 e. The number of pyridine rings is 1. The number of nitrogens with one attached hydrogen (secondary N) is 1. The second kappa shape index (κ2) is 7.99. The topological polar surface area (TPSA) is 98.8 Å². The van der Waals surface area contributed by atoms with E-state index in [-0.39, 0.29) is 24.0 Å². The number of amides is 1. The molecule has 0 aliphatic carbocycles. The second-order valence-electron chi connectivity index (χ2n) is 6.40. The number of nitrogens with two attached hydrogens (primary N) is 1. The van der Waals surface area contributed by atoms with Crippen LogP contribution >= 0.6 is 15.9 Å². The van der Waals surface area contributed by atoms with E-state index in [1.807, 2.05) is 0 Å². The van der Waals surface area contributed by atoms with Gasteiger partial charge in [-0.05, 0) is 47.1 Å². The average molecular weight is 473 g/mol. The molecular weight excluding hydrogens is 457 g/mol. The minimum atomic E-state index is -3.55. The van der Waals surface area contributed by atoms with Gasteiger partial charge in [0, 0.05) is 28.0 Å². The number of hydrogen-bond donors (Lipinski definition) is 2. The lowest BCUT2D eigenvalue weighted by atomic mass is 9.85. The number of aromatic nitrogens is 1. The third-order valence-electron chi connectivity index (χ3n) is 4.25. The molecule has 11 heteroatoms. The van der Waals surface area contributed by atoms with Crippen molar-refractivity contribution in [1.82, 2.24) is 4.98 Å². The maximum absolute atomic E-state index is 14.7. The predicted molar refractivity (Wildman–Crippen MR) is 103 cm³/mol. The monoisotopic (exact) mass is 472 g/mol. The first-order valence-corrected chi connectivity index (χ1v) is 9.10. The van der Waals surface area contributed by atoms with Crippen LogP contribution in [0.3, 0.4) is 0 Å². The van der Waals surface area contributed by atoms with E-state index in [1.165, 1.54) is 18.3 Å². The van der Waals surface area contributed by atoms with Crippen molar-refractivity contribution >= 4 is 33.5 Å². The summed E-state index contributed by atoms with van der Waals surface area (Å²) < 4.78 is 54.4. The number of amidine groups is 1. The summed E-state index contributed by atoms with van der Waals surface area (Å²) in [6.07, 6.45) is 0.499. The zero-order chi connectivity index (χ0) is 21.2. The summed E-state index contributed by atoms with van der Waals surface area (Å²) in [7, 11) is 0. The van der Waals surface area contributed by atoms with Crippen molar-refractivity contribution in [2.24, 2.45) is 10.7 Å². The lowest BCUT2D eigenvalue weighted by Gasteiger charge is -2.33. The van der Waals surface area contributed by atoms with Gasteiger partial charge >= 0.3 is 6.09 Å². The van der Waals surface area contributed by atoms with E-state index < -0.39 is 35.5 Å². The quantitative estimate of drug-likeness (QED) is 0.706. The van der Waals surface area contributed by atoms with Crippen molar-refractivity contribution in [2.45, 2.75) is 18.4 Å². The highest BCUT2D eigenvalue weighted by Gasteiger charge is 2.54. The molecule has 0 bridgehead atoms. The minimum Gasteiger partial charge on any atom is -0.391 e. The van der Waals surface area contributed by atoms with E-state index in [0.717, 1.165) is 19.1 Å². The third kappa shape index (κ3) is 4.51. The molecule has 0 fully saturated rings. The molecule has 0 saturated carbocycles. The van der Waals surface area contributed by atoms with Crippen molar-refractivity contribution < 1.29 is 27.4 Å². The van der Waals surface area contributed by atoms with Crippen LogP contribution in [-0.2, 0) is 10.3 Å². The van der Waals surface area contributed by atoms with Crippen LogP contribution in [0.1, 0.15) is 12.5 Å². The van der Waals surface area contributed by atoms with Gasteiger partial charge in [-0.15, -0.1) is 0 Å². The van der Waals surface area contributed by atoms with E-state index >= 15 is 0 Å². The minimum absolute atomic E-state index is 0.0184. The highest BCUT2D eigenvalue weighted by atomic mass is 79.9. The van der Waals surface area contributed by atoms with Crippen molar-refractivity contribution in [2.75, 3.05) is 18.5 Å². The lowest BCUT2D eigenvalue weighted by Crippen LogP contribution is -2.45. The van der Waals surface area contributed by atoms with Crippen LogP contribution in [0, 0.1) is 5.82 Å². The van der Waals surface area contributed by atoms with E-state index in [1.54, 1.807) is 6.07 Å². The summed E-state index contributed by atoms with van der Waals surface area (Å²) in [6.45, 7) is -0.222. The number of carbonyl (C=O) groups is 1. The molecule has 0 spiro atoms. The Morgan fingerprint density at radius 1 is 1.34 bits per heavy atom. The highest BCUT2D eigenvalue weighted by molar-refractivity contribution is 9.10. The van der Waals surface area contributed by atoms with Crippen molar-refractivity contribution in [3.05, 3.63) is 52.4 Å². The molecule has 1 amide bonds. The van der Waals surface area contributed by atoms with Crippen molar-refractivity contribution in [1.29, 1.82) is 0 Å². The Balaban J connectivity index is 1.88. The van der Waals surface area contributed by atoms with Gasteiger partial charge in [0.1, 0.15) is 24.9 Å². The highest BCUT2D eigenvalue weighted by Crippen LogP contribution is 2.44. The first kappa shape index (κ1) is 21.1. The number of carbonyl (C=O) groups excluding carboxylic acids is 1. The molecule has 2 aromatic rings. The lowest BCUT2D eigenvalue weighted by molar-refractivity contribution is -0.116. The van der Waals surface area contributed by atoms with E-state index in [0.29, 0.717) is 4.47 Å². The number of alkyl halides is 2. The molecule has 7 nitrogen and oxygen atoms in total. The van der Waals surface area contributed by atoms with E-state index in [4.69, 9.17) is 15.2 Å². The van der Waals surface area contributed by atoms with Crippen LogP contribution in [-0.4, -0.2) is 36.0 Å². The molecule has 1 aliphatic rings. The number of nitrogens with zero attached hydrogens (tertiary/aromatic N) is 2. The fraction of sp³-hybridized carbons (Fsp3) is 0.278. The average Bonchev–Trinajstić information content (AvgIpc) is 2.74. The summed E-state index contributed by atoms with van der Waals surface area (Å²) in [5.74, 6) is -4.65. The van der Waals surface area contributed by atoms with Crippen LogP contribution < -0.4 is 15.8 Å². The third-order valence-corrected chi connectivity index (χ3v) is 4.72. The fourth-order valence-corrected chi connectivity index (χ4v) is 2.95. The molecule has 1 unspecified atom stereocenters. The Morgan fingerprint density at radius 2 is 2.10 bits per heavy atom. The van der Waals surface area contributed by atoms with Crippen LogP contribution in [0.4, 0.5) is 23.7 Å². The zero-order valence-electron chi connectivity index (χ0n) is 15.1. The Kier molecular flexibility index (Phi) is 5.80. The van der Waals surface area contributed by atoms with Crippen molar-refractivity contribution in [3.8, 4) is 5.88 Å². The second-order valence-corrected chi connectivity index (χ2v) is 7.31. The Bertz CT molecular complexity index is 956. The Morgan fingerprint density at radius 3 is 2.79 bits per heavy atom. The summed E-state index contributed by atoms with van der Waals surface area (Å²) in [6, 6.07) is 6.27. The molecule has 1 atom stereocenters. The Labute approximate surface area is 172 Å². The van der Waals surface area contributed by atoms with Gasteiger partial charge in [-0.1, -0.05) is 0 Å². The molecule has 3 N–H and O–H groups in total. The molecule has 3 rings (SSSR count). The molecule has 1 aliphatic heterocycles. The van der Waals surface area contributed by atoms with Gasteiger partial charge in [0.05, 0.1) is 0 Å². The first-order valence-electron chi connectivity index (χ1n) is 8.31. The summed E-state index contributed by atoms with van der Waals surface area (Å²) in [5, 5.41) is 2.35. The number of ether oxygens (including phenoxy) is 2. The predicted octanol–water partition coefficient (Wildman–Crippen LogP) is 3.83. The van der Waals surface area contributed by atoms with Crippen LogP contribution in [0.2, 0.25) is 0 Å². The fourth-order valence-electron chi connectivity index (χ4n) is 2.72. The normalized spacial score (nSPS) is 21.1. The van der Waals surface area contributed by atoms with Gasteiger partial charge in [-0.2, -0.15) is 0 Å². The smallest absolute Gasteiger partial charge is 0.391 e. The molecule has 1 aromatic heterocycles. The standard InChI is InChI=1S/C18H16BrF3N4O3/c1-17(18(21,22)9-28-8-14(23)26-17)12-6-11(3-4-13(12)20)25-16(27)29-15-5-2-10(19)7-24-15/h2-7H,8-9H2,1H3,(H2,23,26)(H,25,27). The Hall–Kier alpha value is -2.66. The number of hydrogen-bond acceptors (Lipinski definition) is 6. The molecule has 0 saturated heterocycles. The summed E-state index contributed by atoms with van der Waals surface area (Å²) in [5.41, 5.74) is 2.86. The summed E-state index contributed by atoms with van der Waals surface area (Å²) in [4.78, 5) is 19.7. The number of rotatable bonds is 3. The van der Waals surface area contributed by atoms with Crippen LogP contribution in [0.25, 0.3) is 0 Å².